The Labute approximate surface area is 49.3 Å². The quantitative estimate of drug-likeness (QED) is 0.414. The molecule has 8 heavy (non-hydrogen) atoms. The van der Waals surface area contributed by atoms with Crippen LogP contribution < -0.4 is 0 Å². The topological polar surface area (TPSA) is 3.01 Å². The second kappa shape index (κ2) is 1.23. The molecule has 2 atom stereocenters. The van der Waals surface area contributed by atoms with Gasteiger partial charge in [-0.05, 0) is 7.05 Å². The standard InChI is InChI=1S/C7H9N/c1-8-6-4-2-3-5-7(6)8/h2-7H,1H3. The highest BCUT2D eigenvalue weighted by molar-refractivity contribution is 5.29. The normalized spacial score (nSPS) is 48.9. The fourth-order valence-electron chi connectivity index (χ4n) is 1.24. The van der Waals surface area contributed by atoms with E-state index in [0.717, 1.165) is 12.1 Å². The van der Waals surface area contributed by atoms with Gasteiger partial charge in [-0.1, -0.05) is 24.3 Å². The average molecular weight is 107 g/mol. The van der Waals surface area contributed by atoms with Crippen molar-refractivity contribution in [3.05, 3.63) is 24.3 Å². The van der Waals surface area contributed by atoms with Crippen molar-refractivity contribution < 1.29 is 0 Å². The van der Waals surface area contributed by atoms with Gasteiger partial charge < -0.3 is 0 Å². The summed E-state index contributed by atoms with van der Waals surface area (Å²) >= 11 is 0. The summed E-state index contributed by atoms with van der Waals surface area (Å²) in [5.74, 6) is 0. The van der Waals surface area contributed by atoms with Crippen molar-refractivity contribution in [2.24, 2.45) is 0 Å². The molecule has 1 fully saturated rings. The summed E-state index contributed by atoms with van der Waals surface area (Å²) in [5, 5.41) is 0. The maximum absolute atomic E-state index is 2.33. The Balaban J connectivity index is 2.23. The van der Waals surface area contributed by atoms with Crippen LogP contribution in [0.25, 0.3) is 0 Å². The van der Waals surface area contributed by atoms with E-state index in [4.69, 9.17) is 0 Å². The van der Waals surface area contributed by atoms with Crippen LogP contribution in [0.5, 0.6) is 0 Å². The van der Waals surface area contributed by atoms with E-state index in [1.54, 1.807) is 0 Å². The molecular weight excluding hydrogens is 98.1 g/mol. The smallest absolute Gasteiger partial charge is 0.0476 e. The third kappa shape index (κ3) is 0.397. The van der Waals surface area contributed by atoms with Gasteiger partial charge in [0.2, 0.25) is 0 Å². The van der Waals surface area contributed by atoms with Crippen molar-refractivity contribution in [2.75, 3.05) is 7.05 Å². The lowest BCUT2D eigenvalue weighted by Crippen LogP contribution is -1.86. The van der Waals surface area contributed by atoms with E-state index >= 15 is 0 Å². The van der Waals surface area contributed by atoms with E-state index in [0.29, 0.717) is 0 Å². The summed E-state index contributed by atoms with van der Waals surface area (Å²) < 4.78 is 0. The van der Waals surface area contributed by atoms with E-state index in [9.17, 15) is 0 Å². The molecule has 0 bridgehead atoms. The number of nitrogens with zero attached hydrogens (tertiary/aromatic N) is 1. The highest BCUT2D eigenvalue weighted by atomic mass is 15.3. The Morgan fingerprint density at radius 2 is 1.62 bits per heavy atom. The van der Waals surface area contributed by atoms with Gasteiger partial charge in [0, 0.05) is 12.1 Å². The molecule has 1 nitrogen and oxygen atoms in total. The summed E-state index contributed by atoms with van der Waals surface area (Å²) in [7, 11) is 2.15. The first kappa shape index (κ1) is 4.33. The van der Waals surface area contributed by atoms with E-state index in [2.05, 4.69) is 36.3 Å². The zero-order valence-electron chi connectivity index (χ0n) is 4.91. The van der Waals surface area contributed by atoms with Gasteiger partial charge in [-0.15, -0.1) is 0 Å². The van der Waals surface area contributed by atoms with E-state index in [1.807, 2.05) is 0 Å². The Kier molecular flexibility index (Phi) is 0.667. The van der Waals surface area contributed by atoms with E-state index in [1.165, 1.54) is 0 Å². The molecule has 1 saturated heterocycles. The van der Waals surface area contributed by atoms with Crippen molar-refractivity contribution in [3.63, 3.8) is 0 Å². The first-order valence-electron chi connectivity index (χ1n) is 2.96. The minimum atomic E-state index is 0.736. The van der Waals surface area contributed by atoms with Gasteiger partial charge in [0.1, 0.15) is 0 Å². The van der Waals surface area contributed by atoms with Crippen molar-refractivity contribution in [3.8, 4) is 0 Å². The van der Waals surface area contributed by atoms with Crippen molar-refractivity contribution in [1.82, 2.24) is 4.90 Å². The molecule has 0 N–H and O–H groups in total. The van der Waals surface area contributed by atoms with Crippen molar-refractivity contribution in [1.29, 1.82) is 0 Å². The molecule has 1 heterocycles. The molecule has 1 heteroatoms. The fraction of sp³-hybridized carbons (Fsp3) is 0.429. The van der Waals surface area contributed by atoms with Crippen LogP contribution in [0.4, 0.5) is 0 Å². The summed E-state index contributed by atoms with van der Waals surface area (Å²) in [5.41, 5.74) is 0. The van der Waals surface area contributed by atoms with Crippen LogP contribution >= 0.6 is 0 Å². The Hall–Kier alpha value is -0.560. The third-order valence-corrected chi connectivity index (χ3v) is 1.93. The van der Waals surface area contributed by atoms with Crippen LogP contribution in [0.1, 0.15) is 0 Å². The number of rotatable bonds is 0. The Morgan fingerprint density at radius 1 is 1.12 bits per heavy atom. The third-order valence-electron chi connectivity index (χ3n) is 1.93. The number of likely N-dealkylation sites (N-methyl/N-ethyl adjacent to an activating group) is 1. The number of hydrogen-bond acceptors (Lipinski definition) is 1. The first-order chi connectivity index (χ1) is 3.89. The van der Waals surface area contributed by atoms with Gasteiger partial charge in [0.05, 0.1) is 0 Å². The van der Waals surface area contributed by atoms with Crippen molar-refractivity contribution >= 4 is 0 Å². The number of hydrogen-bond donors (Lipinski definition) is 0. The van der Waals surface area contributed by atoms with Crippen LogP contribution in [-0.2, 0) is 0 Å². The van der Waals surface area contributed by atoms with Gasteiger partial charge in [0.25, 0.3) is 0 Å². The predicted octanol–water partition coefficient (Wildman–Crippen LogP) is 0.795. The monoisotopic (exact) mass is 107 g/mol. The molecule has 0 aromatic rings. The first-order valence-corrected chi connectivity index (χ1v) is 2.96. The lowest BCUT2D eigenvalue weighted by Gasteiger charge is -1.84. The van der Waals surface area contributed by atoms with Crippen LogP contribution in [0.3, 0.4) is 0 Å². The lowest BCUT2D eigenvalue weighted by atomic mass is 10.2. The molecule has 0 spiro atoms. The van der Waals surface area contributed by atoms with Crippen LogP contribution in [0.15, 0.2) is 24.3 Å². The predicted molar refractivity (Wildman–Crippen MR) is 33.6 cm³/mol. The summed E-state index contributed by atoms with van der Waals surface area (Å²) in [4.78, 5) is 2.33. The highest BCUT2D eigenvalue weighted by Crippen LogP contribution is 2.29. The molecule has 2 unspecified atom stereocenters. The number of fused-ring (bicyclic) bond motifs is 1. The molecule has 0 aromatic carbocycles. The molecule has 0 aromatic heterocycles. The summed E-state index contributed by atoms with van der Waals surface area (Å²) in [6, 6.07) is 1.47. The minimum Gasteiger partial charge on any atom is -0.290 e. The molecule has 0 saturated carbocycles. The maximum atomic E-state index is 2.33. The molecule has 42 valence electrons. The highest BCUT2D eigenvalue weighted by Gasteiger charge is 2.40. The average Bonchev–Trinajstić information content (AvgIpc) is 2.46. The van der Waals surface area contributed by atoms with Gasteiger partial charge in [0.15, 0.2) is 0 Å². The Bertz CT molecular complexity index is 140. The van der Waals surface area contributed by atoms with E-state index < -0.39 is 0 Å². The molecular formula is C7H9N. The maximum Gasteiger partial charge on any atom is 0.0476 e. The SMILES string of the molecule is CN1C2C=CC=CC21. The minimum absolute atomic E-state index is 0.736. The second-order valence-electron chi connectivity index (χ2n) is 2.42. The summed E-state index contributed by atoms with van der Waals surface area (Å²) in [6.45, 7) is 0. The zero-order valence-corrected chi connectivity index (χ0v) is 4.91. The van der Waals surface area contributed by atoms with Gasteiger partial charge in [-0.2, -0.15) is 0 Å². The van der Waals surface area contributed by atoms with E-state index in [-0.39, 0.29) is 0 Å². The molecule has 2 rings (SSSR count). The second-order valence-corrected chi connectivity index (χ2v) is 2.42. The fourth-order valence-corrected chi connectivity index (χ4v) is 1.24. The summed E-state index contributed by atoms with van der Waals surface area (Å²) in [6.07, 6.45) is 8.71. The van der Waals surface area contributed by atoms with Gasteiger partial charge in [-0.25, -0.2) is 0 Å². The molecule has 1 aliphatic carbocycles. The molecule has 0 radical (unpaired) electrons. The lowest BCUT2D eigenvalue weighted by molar-refractivity contribution is 0.635. The number of allylic oxidation sites excluding steroid dienone is 2. The van der Waals surface area contributed by atoms with Gasteiger partial charge >= 0.3 is 0 Å². The van der Waals surface area contributed by atoms with Crippen LogP contribution in [-0.4, -0.2) is 24.0 Å². The van der Waals surface area contributed by atoms with Crippen molar-refractivity contribution in [2.45, 2.75) is 12.1 Å². The zero-order chi connectivity index (χ0) is 5.56. The molecule has 2 aliphatic rings. The molecule has 1 aliphatic heterocycles. The van der Waals surface area contributed by atoms with Crippen LogP contribution in [0, 0.1) is 0 Å². The molecule has 0 amide bonds. The van der Waals surface area contributed by atoms with Crippen LogP contribution in [0.2, 0.25) is 0 Å². The largest absolute Gasteiger partial charge is 0.290 e. The van der Waals surface area contributed by atoms with Gasteiger partial charge in [-0.3, -0.25) is 4.90 Å². The Morgan fingerprint density at radius 3 is 2.00 bits per heavy atom.